The van der Waals surface area contributed by atoms with E-state index in [9.17, 15) is 4.79 Å². The molecule has 6 heteroatoms. The molecule has 0 aliphatic heterocycles. The van der Waals surface area contributed by atoms with Crippen LogP contribution in [-0.2, 0) is 23.1 Å². The second-order valence-corrected chi connectivity index (χ2v) is 9.01. The first kappa shape index (κ1) is 22.8. The van der Waals surface area contributed by atoms with Gasteiger partial charge in [-0.2, -0.15) is 5.10 Å². The minimum Gasteiger partial charge on any atom is -0.497 e. The molecular formula is C23H35N3O3. The number of ether oxygens (including phenoxy) is 2. The minimum absolute atomic E-state index is 0.273. The third kappa shape index (κ3) is 5.99. The number of carbonyl (C=O) groups excluding carboxylic acids is 1. The number of aromatic nitrogens is 2. The fourth-order valence-corrected chi connectivity index (χ4v) is 3.49. The summed E-state index contributed by atoms with van der Waals surface area (Å²) in [5.41, 5.74) is 3.74. The molecule has 1 heterocycles. The van der Waals surface area contributed by atoms with E-state index < -0.39 is 11.7 Å². The Labute approximate surface area is 174 Å². The van der Waals surface area contributed by atoms with Gasteiger partial charge >= 0.3 is 6.09 Å². The maximum absolute atomic E-state index is 12.1. The van der Waals surface area contributed by atoms with E-state index in [2.05, 4.69) is 45.1 Å². The Kier molecular flexibility index (Phi) is 6.98. The topological polar surface area (TPSA) is 65.4 Å². The first-order chi connectivity index (χ1) is 13.5. The highest BCUT2D eigenvalue weighted by Crippen LogP contribution is 2.30. The molecule has 1 amide bonds. The van der Waals surface area contributed by atoms with Crippen molar-refractivity contribution in [3.63, 3.8) is 0 Å². The van der Waals surface area contributed by atoms with E-state index in [1.807, 2.05) is 37.6 Å². The van der Waals surface area contributed by atoms with Gasteiger partial charge in [0.15, 0.2) is 0 Å². The van der Waals surface area contributed by atoms with Gasteiger partial charge in [0, 0.05) is 23.2 Å². The quantitative estimate of drug-likeness (QED) is 0.736. The lowest BCUT2D eigenvalue weighted by molar-refractivity contribution is 0.0517. The van der Waals surface area contributed by atoms with E-state index in [1.165, 1.54) is 5.56 Å². The Morgan fingerprint density at radius 1 is 1.14 bits per heavy atom. The highest BCUT2D eigenvalue weighted by molar-refractivity contribution is 5.67. The molecule has 2 aromatic rings. The highest BCUT2D eigenvalue weighted by Gasteiger charge is 2.30. The zero-order chi connectivity index (χ0) is 21.8. The number of amides is 1. The fourth-order valence-electron chi connectivity index (χ4n) is 3.49. The van der Waals surface area contributed by atoms with Crippen LogP contribution in [0.5, 0.6) is 5.75 Å². The highest BCUT2D eigenvalue weighted by atomic mass is 16.6. The van der Waals surface area contributed by atoms with Crippen molar-refractivity contribution >= 4 is 6.09 Å². The predicted molar refractivity (Wildman–Crippen MR) is 116 cm³/mol. The molecule has 29 heavy (non-hydrogen) atoms. The summed E-state index contributed by atoms with van der Waals surface area (Å²) in [6.07, 6.45) is 0.439. The van der Waals surface area contributed by atoms with E-state index >= 15 is 0 Å². The van der Waals surface area contributed by atoms with E-state index in [1.54, 1.807) is 7.11 Å². The molecule has 0 atom stereocenters. The fraction of sp³-hybridized carbons (Fsp3) is 0.565. The summed E-state index contributed by atoms with van der Waals surface area (Å²) in [5, 5.41) is 7.78. The van der Waals surface area contributed by atoms with Gasteiger partial charge in [-0.25, -0.2) is 4.79 Å². The van der Waals surface area contributed by atoms with E-state index in [0.29, 0.717) is 13.1 Å². The number of aryl methyl sites for hydroxylation is 1. The molecular weight excluding hydrogens is 366 g/mol. The van der Waals surface area contributed by atoms with Crippen molar-refractivity contribution in [3.05, 3.63) is 46.8 Å². The molecule has 1 aromatic carbocycles. The van der Waals surface area contributed by atoms with Crippen molar-refractivity contribution < 1.29 is 14.3 Å². The Bertz CT molecular complexity index is 830. The standard InChI is InChI=1S/C23H35N3O3/c1-9-19-20(23(6,7)15-24-21(27)29-22(3,4)5)16(2)26(25-19)14-17-10-12-18(28-8)13-11-17/h10-13H,9,14-15H2,1-8H3,(H,24,27). The van der Waals surface area contributed by atoms with E-state index in [-0.39, 0.29) is 5.41 Å². The summed E-state index contributed by atoms with van der Waals surface area (Å²) in [4.78, 5) is 12.1. The zero-order valence-corrected chi connectivity index (χ0v) is 19.0. The van der Waals surface area contributed by atoms with Gasteiger partial charge in [0.05, 0.1) is 19.3 Å². The Balaban J connectivity index is 2.21. The molecule has 160 valence electrons. The van der Waals surface area contributed by atoms with Crippen molar-refractivity contribution in [2.24, 2.45) is 0 Å². The average Bonchev–Trinajstić information content (AvgIpc) is 2.96. The monoisotopic (exact) mass is 401 g/mol. The summed E-state index contributed by atoms with van der Waals surface area (Å²) in [6.45, 7) is 15.2. The third-order valence-electron chi connectivity index (χ3n) is 4.86. The van der Waals surface area contributed by atoms with Crippen LogP contribution >= 0.6 is 0 Å². The number of carbonyl (C=O) groups is 1. The molecule has 6 nitrogen and oxygen atoms in total. The SMILES string of the molecule is CCc1nn(Cc2ccc(OC)cc2)c(C)c1C(C)(C)CNC(=O)OC(C)(C)C. The number of nitrogens with one attached hydrogen (secondary N) is 1. The van der Waals surface area contributed by atoms with Crippen LogP contribution in [0, 0.1) is 6.92 Å². The van der Waals surface area contributed by atoms with Gasteiger partial charge < -0.3 is 14.8 Å². The zero-order valence-electron chi connectivity index (χ0n) is 19.0. The van der Waals surface area contributed by atoms with Gasteiger partial charge in [-0.05, 0) is 51.8 Å². The van der Waals surface area contributed by atoms with Gasteiger partial charge in [0.25, 0.3) is 0 Å². The summed E-state index contributed by atoms with van der Waals surface area (Å²) >= 11 is 0. The summed E-state index contributed by atoms with van der Waals surface area (Å²) in [7, 11) is 1.67. The normalized spacial score (nSPS) is 12.0. The minimum atomic E-state index is -0.512. The Hall–Kier alpha value is -2.50. The summed E-state index contributed by atoms with van der Waals surface area (Å²) < 4.78 is 12.7. The molecule has 0 radical (unpaired) electrons. The largest absolute Gasteiger partial charge is 0.497 e. The number of benzene rings is 1. The van der Waals surface area contributed by atoms with Crippen LogP contribution in [0.25, 0.3) is 0 Å². The summed E-state index contributed by atoms with van der Waals surface area (Å²) in [5.74, 6) is 0.843. The van der Waals surface area contributed by atoms with Crippen molar-refractivity contribution in [1.29, 1.82) is 0 Å². The van der Waals surface area contributed by atoms with Gasteiger partial charge in [-0.1, -0.05) is 32.9 Å². The van der Waals surface area contributed by atoms with Crippen molar-refractivity contribution in [2.75, 3.05) is 13.7 Å². The number of alkyl carbamates (subject to hydrolysis) is 1. The van der Waals surface area contributed by atoms with Gasteiger partial charge in [0.1, 0.15) is 11.4 Å². The van der Waals surface area contributed by atoms with Gasteiger partial charge in [-0.3, -0.25) is 4.68 Å². The maximum atomic E-state index is 12.1. The van der Waals surface area contributed by atoms with Crippen LogP contribution in [0.2, 0.25) is 0 Å². The van der Waals surface area contributed by atoms with E-state index in [4.69, 9.17) is 14.6 Å². The second-order valence-electron chi connectivity index (χ2n) is 9.01. The Morgan fingerprint density at radius 2 is 1.76 bits per heavy atom. The van der Waals surface area contributed by atoms with Crippen LogP contribution in [-0.4, -0.2) is 35.1 Å². The first-order valence-electron chi connectivity index (χ1n) is 10.1. The van der Waals surface area contributed by atoms with E-state index in [0.717, 1.165) is 29.1 Å². The Morgan fingerprint density at radius 3 is 2.28 bits per heavy atom. The molecule has 0 fully saturated rings. The number of hydrogen-bond donors (Lipinski definition) is 1. The third-order valence-corrected chi connectivity index (χ3v) is 4.86. The van der Waals surface area contributed by atoms with Crippen LogP contribution in [0.15, 0.2) is 24.3 Å². The molecule has 0 aliphatic carbocycles. The number of methoxy groups -OCH3 is 1. The van der Waals surface area contributed by atoms with Crippen LogP contribution < -0.4 is 10.1 Å². The molecule has 0 unspecified atom stereocenters. The molecule has 0 saturated carbocycles. The number of nitrogens with zero attached hydrogens (tertiary/aromatic N) is 2. The molecule has 0 saturated heterocycles. The van der Waals surface area contributed by atoms with Crippen molar-refractivity contribution in [1.82, 2.24) is 15.1 Å². The summed E-state index contributed by atoms with van der Waals surface area (Å²) in [6, 6.07) is 8.04. The first-order valence-corrected chi connectivity index (χ1v) is 10.1. The molecule has 1 aromatic heterocycles. The number of hydrogen-bond acceptors (Lipinski definition) is 4. The van der Waals surface area contributed by atoms with Crippen LogP contribution in [0.1, 0.15) is 64.1 Å². The van der Waals surface area contributed by atoms with Crippen LogP contribution in [0.4, 0.5) is 4.79 Å². The molecule has 1 N–H and O–H groups in total. The van der Waals surface area contributed by atoms with Crippen LogP contribution in [0.3, 0.4) is 0 Å². The lowest BCUT2D eigenvalue weighted by Gasteiger charge is -2.27. The van der Waals surface area contributed by atoms with Crippen molar-refractivity contribution in [3.8, 4) is 5.75 Å². The smallest absolute Gasteiger partial charge is 0.407 e. The molecule has 2 rings (SSSR count). The lowest BCUT2D eigenvalue weighted by Crippen LogP contribution is -2.40. The lowest BCUT2D eigenvalue weighted by atomic mass is 9.82. The second kappa shape index (κ2) is 8.89. The maximum Gasteiger partial charge on any atom is 0.407 e. The molecule has 0 aliphatic rings. The molecule has 0 spiro atoms. The van der Waals surface area contributed by atoms with Gasteiger partial charge in [0.2, 0.25) is 0 Å². The molecule has 0 bridgehead atoms. The predicted octanol–water partition coefficient (Wildman–Crippen LogP) is 4.61. The van der Waals surface area contributed by atoms with Crippen molar-refractivity contribution in [2.45, 2.75) is 72.4 Å². The van der Waals surface area contributed by atoms with Gasteiger partial charge in [-0.15, -0.1) is 0 Å². The average molecular weight is 402 g/mol. The number of rotatable bonds is 7.